The van der Waals surface area contributed by atoms with Crippen LogP contribution in [-0.4, -0.2) is 9.97 Å². The van der Waals surface area contributed by atoms with E-state index in [0.717, 1.165) is 10.9 Å². The lowest BCUT2D eigenvalue weighted by Crippen LogP contribution is -1.98. The molecule has 3 aromatic rings. The van der Waals surface area contributed by atoms with Crippen molar-refractivity contribution in [3.05, 3.63) is 59.6 Å². The molecule has 0 amide bonds. The molecule has 0 radical (unpaired) electrons. The van der Waals surface area contributed by atoms with Crippen molar-refractivity contribution in [2.75, 3.05) is 5.32 Å². The molecule has 0 saturated carbocycles. The third-order valence-corrected chi connectivity index (χ3v) is 3.04. The van der Waals surface area contributed by atoms with Gasteiger partial charge in [-0.05, 0) is 24.3 Å². The van der Waals surface area contributed by atoms with Gasteiger partial charge in [-0.25, -0.2) is 14.4 Å². The molecule has 1 aromatic heterocycles. The van der Waals surface area contributed by atoms with Crippen LogP contribution in [0.4, 0.5) is 15.9 Å². The highest BCUT2D eigenvalue weighted by Gasteiger charge is 2.09. The molecule has 2 aromatic carbocycles. The average Bonchev–Trinajstić information content (AvgIpc) is 2.44. The lowest BCUT2D eigenvalue weighted by Gasteiger charge is -2.09. The summed E-state index contributed by atoms with van der Waals surface area (Å²) < 4.78 is 13.8. The third kappa shape index (κ3) is 2.22. The third-order valence-electron chi connectivity index (χ3n) is 2.75. The summed E-state index contributed by atoms with van der Waals surface area (Å²) in [7, 11) is 0. The first-order valence-electron chi connectivity index (χ1n) is 5.66. The molecule has 1 N–H and O–H groups in total. The second-order valence-corrected chi connectivity index (χ2v) is 4.37. The van der Waals surface area contributed by atoms with Crippen LogP contribution in [0, 0.1) is 5.82 Å². The second-order valence-electron chi connectivity index (χ2n) is 3.97. The normalized spacial score (nSPS) is 10.6. The monoisotopic (exact) mass is 273 g/mol. The van der Waals surface area contributed by atoms with Gasteiger partial charge in [-0.3, -0.25) is 0 Å². The van der Waals surface area contributed by atoms with Crippen LogP contribution in [0.15, 0.2) is 48.8 Å². The van der Waals surface area contributed by atoms with Gasteiger partial charge in [0.05, 0.1) is 16.2 Å². The summed E-state index contributed by atoms with van der Waals surface area (Å²) in [4.78, 5) is 8.29. The van der Waals surface area contributed by atoms with Gasteiger partial charge in [-0.15, -0.1) is 0 Å². The van der Waals surface area contributed by atoms with Gasteiger partial charge in [-0.2, -0.15) is 0 Å². The summed E-state index contributed by atoms with van der Waals surface area (Å²) >= 11 is 5.75. The Hall–Kier alpha value is -2.20. The zero-order chi connectivity index (χ0) is 13.2. The van der Waals surface area contributed by atoms with Gasteiger partial charge in [0.1, 0.15) is 12.1 Å². The lowest BCUT2D eigenvalue weighted by molar-refractivity contribution is 0.632. The van der Waals surface area contributed by atoms with E-state index in [-0.39, 0.29) is 10.7 Å². The van der Waals surface area contributed by atoms with Gasteiger partial charge in [0.15, 0.2) is 5.82 Å². The van der Waals surface area contributed by atoms with Crippen molar-refractivity contribution in [3.8, 4) is 0 Å². The standard InChI is InChI=1S/C14H9ClFN3/c15-10-5-3-7-12(13(10)16)19-14-9-4-1-2-6-11(9)17-8-18-14/h1-8H,(H,17,18,19). The number of nitrogens with one attached hydrogen (secondary N) is 1. The van der Waals surface area contributed by atoms with Gasteiger partial charge in [0.2, 0.25) is 0 Å². The summed E-state index contributed by atoms with van der Waals surface area (Å²) in [6, 6.07) is 12.3. The molecule has 0 atom stereocenters. The minimum Gasteiger partial charge on any atom is -0.337 e. The summed E-state index contributed by atoms with van der Waals surface area (Å²) in [5.74, 6) is 0.0543. The second kappa shape index (κ2) is 4.82. The lowest BCUT2D eigenvalue weighted by atomic mass is 10.2. The molecule has 0 fully saturated rings. The maximum Gasteiger partial charge on any atom is 0.165 e. The summed E-state index contributed by atoms with van der Waals surface area (Å²) in [5, 5.41) is 3.84. The van der Waals surface area contributed by atoms with E-state index in [4.69, 9.17) is 11.6 Å². The van der Waals surface area contributed by atoms with Crippen LogP contribution in [0.1, 0.15) is 0 Å². The molecule has 3 nitrogen and oxygen atoms in total. The molecule has 0 bridgehead atoms. The number of benzene rings is 2. The van der Waals surface area contributed by atoms with E-state index in [1.54, 1.807) is 12.1 Å². The van der Waals surface area contributed by atoms with Gasteiger partial charge in [0, 0.05) is 5.39 Å². The number of para-hydroxylation sites is 1. The van der Waals surface area contributed by atoms with Crippen LogP contribution in [0.3, 0.4) is 0 Å². The van der Waals surface area contributed by atoms with Crippen molar-refractivity contribution < 1.29 is 4.39 Å². The highest BCUT2D eigenvalue weighted by Crippen LogP contribution is 2.27. The first kappa shape index (κ1) is 11.9. The maximum atomic E-state index is 13.8. The van der Waals surface area contributed by atoms with Crippen molar-refractivity contribution in [2.24, 2.45) is 0 Å². The summed E-state index contributed by atoms with van der Waals surface area (Å²) in [5.41, 5.74) is 1.08. The molecule has 0 unspecified atom stereocenters. The Morgan fingerprint density at radius 3 is 2.74 bits per heavy atom. The summed E-state index contributed by atoms with van der Waals surface area (Å²) in [6.45, 7) is 0. The molecule has 19 heavy (non-hydrogen) atoms. The fraction of sp³-hybridized carbons (Fsp3) is 0. The number of rotatable bonds is 2. The van der Waals surface area contributed by atoms with E-state index in [1.165, 1.54) is 12.4 Å². The maximum absolute atomic E-state index is 13.8. The first-order chi connectivity index (χ1) is 9.25. The van der Waals surface area contributed by atoms with Crippen LogP contribution < -0.4 is 5.32 Å². The Bertz CT molecular complexity index is 740. The molecular weight excluding hydrogens is 265 g/mol. The highest BCUT2D eigenvalue weighted by atomic mass is 35.5. The number of aromatic nitrogens is 2. The number of nitrogens with zero attached hydrogens (tertiary/aromatic N) is 2. The molecule has 0 saturated heterocycles. The van der Waals surface area contributed by atoms with E-state index in [1.807, 2.05) is 24.3 Å². The van der Waals surface area contributed by atoms with Crippen LogP contribution in [0.25, 0.3) is 10.9 Å². The predicted molar refractivity (Wildman–Crippen MR) is 74.2 cm³/mol. The van der Waals surface area contributed by atoms with E-state index in [0.29, 0.717) is 5.82 Å². The fourth-order valence-corrected chi connectivity index (χ4v) is 2.01. The van der Waals surface area contributed by atoms with Crippen LogP contribution in [-0.2, 0) is 0 Å². The quantitative estimate of drug-likeness (QED) is 0.762. The molecule has 0 spiro atoms. The largest absolute Gasteiger partial charge is 0.337 e. The van der Waals surface area contributed by atoms with Crippen LogP contribution >= 0.6 is 11.6 Å². The van der Waals surface area contributed by atoms with Crippen LogP contribution in [0.5, 0.6) is 0 Å². The van der Waals surface area contributed by atoms with Gasteiger partial charge >= 0.3 is 0 Å². The number of hydrogen-bond acceptors (Lipinski definition) is 3. The molecule has 3 rings (SSSR count). The Labute approximate surface area is 114 Å². The smallest absolute Gasteiger partial charge is 0.165 e. The highest BCUT2D eigenvalue weighted by molar-refractivity contribution is 6.31. The zero-order valence-corrected chi connectivity index (χ0v) is 10.5. The molecule has 94 valence electrons. The zero-order valence-electron chi connectivity index (χ0n) is 9.77. The Morgan fingerprint density at radius 1 is 1.00 bits per heavy atom. The predicted octanol–water partition coefficient (Wildman–Crippen LogP) is 4.17. The molecule has 0 aliphatic heterocycles. The van der Waals surface area contributed by atoms with E-state index in [9.17, 15) is 4.39 Å². The molecule has 5 heteroatoms. The molecule has 1 heterocycles. The van der Waals surface area contributed by atoms with Crippen molar-refractivity contribution in [2.45, 2.75) is 0 Å². The number of hydrogen-bond donors (Lipinski definition) is 1. The van der Waals surface area contributed by atoms with Gasteiger partial charge < -0.3 is 5.32 Å². The molecular formula is C14H9ClFN3. The van der Waals surface area contributed by atoms with E-state index in [2.05, 4.69) is 15.3 Å². The number of fused-ring (bicyclic) bond motifs is 1. The minimum absolute atomic E-state index is 0.0726. The Balaban J connectivity index is 2.09. The van der Waals surface area contributed by atoms with Gasteiger partial charge in [0.25, 0.3) is 0 Å². The van der Waals surface area contributed by atoms with Crippen molar-refractivity contribution in [3.63, 3.8) is 0 Å². The van der Waals surface area contributed by atoms with Crippen molar-refractivity contribution in [1.82, 2.24) is 9.97 Å². The molecule has 0 aliphatic rings. The Kier molecular flexibility index (Phi) is 3.01. The minimum atomic E-state index is -0.494. The Morgan fingerprint density at radius 2 is 1.84 bits per heavy atom. The number of halogens is 2. The van der Waals surface area contributed by atoms with E-state index < -0.39 is 5.82 Å². The topological polar surface area (TPSA) is 37.8 Å². The first-order valence-corrected chi connectivity index (χ1v) is 6.04. The van der Waals surface area contributed by atoms with Crippen LogP contribution in [0.2, 0.25) is 5.02 Å². The van der Waals surface area contributed by atoms with E-state index >= 15 is 0 Å². The van der Waals surface area contributed by atoms with Crippen molar-refractivity contribution >= 4 is 34.0 Å². The van der Waals surface area contributed by atoms with Gasteiger partial charge in [-0.1, -0.05) is 29.8 Å². The summed E-state index contributed by atoms with van der Waals surface area (Å²) in [6.07, 6.45) is 1.44. The fourth-order valence-electron chi connectivity index (χ4n) is 1.83. The SMILES string of the molecule is Fc1c(Cl)cccc1Nc1ncnc2ccccc12. The molecule has 0 aliphatic carbocycles. The van der Waals surface area contributed by atoms with Crippen molar-refractivity contribution in [1.29, 1.82) is 0 Å². The number of anilines is 2. The average molecular weight is 274 g/mol.